The molecule has 0 radical (unpaired) electrons. The first-order valence-electron chi connectivity index (χ1n) is 5.85. The van der Waals surface area contributed by atoms with Crippen LogP contribution in [0.1, 0.15) is 0 Å². The lowest BCUT2D eigenvalue weighted by Gasteiger charge is -2.30. The Hall–Kier alpha value is -1.67. The predicted octanol–water partition coefficient (Wildman–Crippen LogP) is -1.69. The first-order chi connectivity index (χ1) is 8.63. The van der Waals surface area contributed by atoms with Crippen molar-refractivity contribution in [1.29, 1.82) is 0 Å². The number of carbonyl (C=O) groups excluding carboxylic acids is 1. The summed E-state index contributed by atoms with van der Waals surface area (Å²) in [7, 11) is 2.04. The molecule has 1 atom stereocenters. The van der Waals surface area contributed by atoms with Crippen LogP contribution in [0.4, 0.5) is 5.95 Å². The lowest BCUT2D eigenvalue weighted by atomic mass is 10.3. The van der Waals surface area contributed by atoms with Gasteiger partial charge in [-0.2, -0.15) is 0 Å². The van der Waals surface area contributed by atoms with Gasteiger partial charge in [0.2, 0.25) is 11.9 Å². The van der Waals surface area contributed by atoms with Gasteiger partial charge in [-0.25, -0.2) is 9.67 Å². The molecule has 0 spiro atoms. The molecule has 8 nitrogen and oxygen atoms in total. The summed E-state index contributed by atoms with van der Waals surface area (Å²) in [5.74, 6) is 0.0387. The molecule has 1 saturated heterocycles. The van der Waals surface area contributed by atoms with Crippen LogP contribution >= 0.6 is 0 Å². The molecule has 2 heterocycles. The Kier molecular flexibility index (Phi) is 4.11. The molecule has 1 aliphatic rings. The number of likely N-dealkylation sites (N-methyl/N-ethyl adjacent to an activating group) is 1. The highest BCUT2D eigenvalue weighted by atomic mass is 16.5. The van der Waals surface area contributed by atoms with Crippen LogP contribution in [0.2, 0.25) is 0 Å². The number of nitrogens with zero attached hydrogens (tertiary/aromatic N) is 4. The molecule has 1 aromatic rings. The summed E-state index contributed by atoms with van der Waals surface area (Å²) in [6.07, 6.45) is 1.48. The number of morpholine rings is 1. The average Bonchev–Trinajstić information content (AvgIpc) is 2.72. The van der Waals surface area contributed by atoms with E-state index in [0.29, 0.717) is 13.2 Å². The van der Waals surface area contributed by atoms with Crippen LogP contribution in [0.15, 0.2) is 6.33 Å². The molecule has 18 heavy (non-hydrogen) atoms. The van der Waals surface area contributed by atoms with Crippen molar-refractivity contribution in [2.75, 3.05) is 39.0 Å². The number of anilines is 1. The van der Waals surface area contributed by atoms with E-state index in [-0.39, 0.29) is 24.5 Å². The zero-order valence-corrected chi connectivity index (χ0v) is 10.4. The Bertz CT molecular complexity index is 407. The smallest absolute Gasteiger partial charge is 0.241 e. The maximum atomic E-state index is 11.6. The second-order valence-corrected chi connectivity index (χ2v) is 4.36. The van der Waals surface area contributed by atoms with Gasteiger partial charge in [0.25, 0.3) is 0 Å². The number of carbonyl (C=O) groups is 1. The van der Waals surface area contributed by atoms with Gasteiger partial charge in [-0.3, -0.25) is 4.79 Å². The molecule has 100 valence electrons. The van der Waals surface area contributed by atoms with Crippen LogP contribution in [-0.4, -0.2) is 65.0 Å². The molecule has 0 aliphatic carbocycles. The second-order valence-electron chi connectivity index (χ2n) is 4.36. The molecule has 1 amide bonds. The van der Waals surface area contributed by atoms with Crippen molar-refractivity contribution in [3.63, 3.8) is 0 Å². The van der Waals surface area contributed by atoms with Crippen molar-refractivity contribution in [3.8, 4) is 0 Å². The Labute approximate surface area is 105 Å². The monoisotopic (exact) mass is 254 g/mol. The maximum Gasteiger partial charge on any atom is 0.241 e. The van der Waals surface area contributed by atoms with Gasteiger partial charge in [0.05, 0.1) is 12.7 Å². The number of aromatic nitrogens is 3. The molecular formula is C10H18N6O2. The molecule has 1 unspecified atom stereocenters. The van der Waals surface area contributed by atoms with Gasteiger partial charge >= 0.3 is 0 Å². The topological polar surface area (TPSA) is 98.3 Å². The van der Waals surface area contributed by atoms with E-state index in [9.17, 15) is 4.79 Å². The van der Waals surface area contributed by atoms with Crippen molar-refractivity contribution in [2.24, 2.45) is 0 Å². The summed E-state index contributed by atoms with van der Waals surface area (Å²) >= 11 is 0. The fraction of sp³-hybridized carbons (Fsp3) is 0.700. The Morgan fingerprint density at radius 2 is 2.56 bits per heavy atom. The lowest BCUT2D eigenvalue weighted by molar-refractivity contribution is -0.123. The standard InChI is InChI=1S/C10H18N6O2/c1-15-2-3-18-8(5-15)4-12-9(17)6-16-7-13-10(11)14-16/h7-8H,2-6H2,1H3,(H2,11,14)(H,12,17). The highest BCUT2D eigenvalue weighted by Crippen LogP contribution is 2.01. The second kappa shape index (κ2) is 5.78. The maximum absolute atomic E-state index is 11.6. The number of nitrogen functional groups attached to an aromatic ring is 1. The van der Waals surface area contributed by atoms with E-state index in [1.54, 1.807) is 0 Å². The van der Waals surface area contributed by atoms with Crippen LogP contribution in [-0.2, 0) is 16.1 Å². The normalized spacial score (nSPS) is 20.8. The first-order valence-corrected chi connectivity index (χ1v) is 5.85. The van der Waals surface area contributed by atoms with Crippen molar-refractivity contribution in [3.05, 3.63) is 6.33 Å². The number of hydrogen-bond donors (Lipinski definition) is 2. The van der Waals surface area contributed by atoms with Crippen LogP contribution in [0.5, 0.6) is 0 Å². The number of hydrogen-bond acceptors (Lipinski definition) is 6. The lowest BCUT2D eigenvalue weighted by Crippen LogP contribution is -2.46. The molecule has 3 N–H and O–H groups in total. The van der Waals surface area contributed by atoms with Crippen LogP contribution in [0.3, 0.4) is 0 Å². The zero-order valence-electron chi connectivity index (χ0n) is 10.4. The van der Waals surface area contributed by atoms with Gasteiger partial charge in [0.1, 0.15) is 12.9 Å². The Morgan fingerprint density at radius 3 is 3.22 bits per heavy atom. The fourth-order valence-corrected chi connectivity index (χ4v) is 1.81. The number of amides is 1. The molecule has 0 aromatic carbocycles. The first kappa shape index (κ1) is 12.8. The molecule has 1 aliphatic heterocycles. The summed E-state index contributed by atoms with van der Waals surface area (Å²) < 4.78 is 6.94. The third-order valence-electron chi connectivity index (χ3n) is 2.73. The summed E-state index contributed by atoms with van der Waals surface area (Å²) in [4.78, 5) is 17.6. The van der Waals surface area contributed by atoms with E-state index in [2.05, 4.69) is 20.3 Å². The number of ether oxygens (including phenoxy) is 1. The van der Waals surface area contributed by atoms with Crippen LogP contribution in [0.25, 0.3) is 0 Å². The minimum absolute atomic E-state index is 0.0496. The van der Waals surface area contributed by atoms with E-state index in [4.69, 9.17) is 10.5 Å². The van der Waals surface area contributed by atoms with Crippen molar-refractivity contribution in [2.45, 2.75) is 12.6 Å². The SMILES string of the molecule is CN1CCOC(CNC(=O)Cn2cnc(N)n2)C1. The van der Waals surface area contributed by atoms with E-state index < -0.39 is 0 Å². The molecule has 1 fully saturated rings. The largest absolute Gasteiger partial charge is 0.374 e. The third kappa shape index (κ3) is 3.67. The predicted molar refractivity (Wildman–Crippen MR) is 64.7 cm³/mol. The zero-order chi connectivity index (χ0) is 13.0. The Morgan fingerprint density at radius 1 is 1.72 bits per heavy atom. The van der Waals surface area contributed by atoms with E-state index >= 15 is 0 Å². The summed E-state index contributed by atoms with van der Waals surface area (Å²) in [5, 5.41) is 6.65. The number of nitrogens with one attached hydrogen (secondary N) is 1. The molecule has 0 bridgehead atoms. The minimum atomic E-state index is -0.128. The van der Waals surface area contributed by atoms with Gasteiger partial charge in [-0.15, -0.1) is 5.10 Å². The van der Waals surface area contributed by atoms with E-state index in [1.807, 2.05) is 7.05 Å². The van der Waals surface area contributed by atoms with E-state index in [1.165, 1.54) is 11.0 Å². The van der Waals surface area contributed by atoms with Crippen LogP contribution in [0, 0.1) is 0 Å². The van der Waals surface area contributed by atoms with Crippen molar-refractivity contribution in [1.82, 2.24) is 25.0 Å². The van der Waals surface area contributed by atoms with Gasteiger partial charge in [-0.05, 0) is 7.05 Å². The van der Waals surface area contributed by atoms with Gasteiger partial charge in [0.15, 0.2) is 0 Å². The molecular weight excluding hydrogens is 236 g/mol. The van der Waals surface area contributed by atoms with Crippen molar-refractivity contribution < 1.29 is 9.53 Å². The minimum Gasteiger partial charge on any atom is -0.374 e. The average molecular weight is 254 g/mol. The summed E-state index contributed by atoms with van der Waals surface area (Å²) in [6, 6.07) is 0. The highest BCUT2D eigenvalue weighted by molar-refractivity contribution is 5.75. The molecule has 1 aromatic heterocycles. The van der Waals surface area contributed by atoms with Crippen LogP contribution < -0.4 is 11.1 Å². The highest BCUT2D eigenvalue weighted by Gasteiger charge is 2.18. The van der Waals surface area contributed by atoms with Gasteiger partial charge in [0, 0.05) is 19.6 Å². The van der Waals surface area contributed by atoms with Crippen molar-refractivity contribution >= 4 is 11.9 Å². The summed E-state index contributed by atoms with van der Waals surface area (Å²) in [5.41, 5.74) is 5.36. The number of rotatable bonds is 4. The molecule has 8 heteroatoms. The third-order valence-corrected chi connectivity index (χ3v) is 2.73. The van der Waals surface area contributed by atoms with Gasteiger partial charge < -0.3 is 20.7 Å². The van der Waals surface area contributed by atoms with E-state index in [0.717, 1.165) is 13.1 Å². The fourth-order valence-electron chi connectivity index (χ4n) is 1.81. The summed E-state index contributed by atoms with van der Waals surface area (Å²) in [6.45, 7) is 3.09. The quantitative estimate of drug-likeness (QED) is 0.665. The Balaban J connectivity index is 1.71. The number of nitrogens with two attached hydrogens (primary N) is 1. The molecule has 2 rings (SSSR count). The van der Waals surface area contributed by atoms with Gasteiger partial charge in [-0.1, -0.05) is 0 Å². The molecule has 0 saturated carbocycles.